The van der Waals surface area contributed by atoms with Gasteiger partial charge in [0.05, 0.1) is 18.5 Å². The molecule has 0 aliphatic carbocycles. The van der Waals surface area contributed by atoms with Crippen molar-refractivity contribution in [1.82, 2.24) is 0 Å². The van der Waals surface area contributed by atoms with Crippen molar-refractivity contribution in [1.29, 1.82) is 0 Å². The maximum Gasteiger partial charge on any atom is 0.163 e. The number of para-hydroxylation sites is 1. The van der Waals surface area contributed by atoms with Crippen molar-refractivity contribution in [2.24, 2.45) is 0 Å². The Morgan fingerprint density at radius 1 is 1.00 bits per heavy atom. The van der Waals surface area contributed by atoms with Crippen LogP contribution in [-0.2, 0) is 14.6 Å². The summed E-state index contributed by atoms with van der Waals surface area (Å²) in [6, 6.07) is 26.7. The number of phenolic OH excluding ortho intramolecular Hbond substituents is 1. The Labute approximate surface area is 206 Å². The van der Waals surface area contributed by atoms with Crippen molar-refractivity contribution in [3.05, 3.63) is 107 Å². The Hall–Kier alpha value is -3.35. The molecule has 2 atom stereocenters. The van der Waals surface area contributed by atoms with Crippen LogP contribution in [0.3, 0.4) is 0 Å². The Bertz CT molecular complexity index is 1340. The fourth-order valence-electron chi connectivity index (χ4n) is 4.88. The number of allylic oxidation sites excluding steroid dienone is 1. The van der Waals surface area contributed by atoms with Crippen LogP contribution in [0.15, 0.2) is 96.1 Å². The second kappa shape index (κ2) is 10.1. The smallest absolute Gasteiger partial charge is 0.163 e. The van der Waals surface area contributed by atoms with Crippen molar-refractivity contribution in [3.63, 3.8) is 0 Å². The Balaban J connectivity index is 1.38. The summed E-state index contributed by atoms with van der Waals surface area (Å²) in [6.45, 7) is 0.452. The summed E-state index contributed by atoms with van der Waals surface area (Å²) in [6.07, 6.45) is 3.17. The van der Waals surface area contributed by atoms with Crippen molar-refractivity contribution in [3.8, 4) is 11.5 Å². The van der Waals surface area contributed by atoms with Crippen LogP contribution < -0.4 is 4.74 Å². The first-order valence-corrected chi connectivity index (χ1v) is 13.5. The molecule has 1 saturated heterocycles. The molecule has 1 fully saturated rings. The summed E-state index contributed by atoms with van der Waals surface area (Å²) in [5.74, 6) is 0.972. The predicted octanol–water partition coefficient (Wildman–Crippen LogP) is 5.28. The minimum absolute atomic E-state index is 0.0321. The minimum atomic E-state index is -3.28. The summed E-state index contributed by atoms with van der Waals surface area (Å²) >= 11 is 0. The fourth-order valence-corrected chi connectivity index (χ4v) is 6.80. The number of rotatable bonds is 8. The molecule has 0 unspecified atom stereocenters. The highest BCUT2D eigenvalue weighted by molar-refractivity contribution is 7.92. The number of benzene rings is 3. The predicted molar refractivity (Wildman–Crippen MR) is 138 cm³/mol. The van der Waals surface area contributed by atoms with Gasteiger partial charge >= 0.3 is 0 Å². The molecule has 3 aromatic carbocycles. The number of hydrogen-bond acceptors (Lipinski definition) is 5. The van der Waals surface area contributed by atoms with E-state index in [2.05, 4.69) is 18.2 Å². The highest BCUT2D eigenvalue weighted by Crippen LogP contribution is 2.39. The van der Waals surface area contributed by atoms with Crippen LogP contribution in [0, 0.1) is 0 Å². The van der Waals surface area contributed by atoms with E-state index in [-0.39, 0.29) is 30.8 Å². The van der Waals surface area contributed by atoms with E-state index in [4.69, 9.17) is 9.47 Å². The maximum atomic E-state index is 12.8. The molecule has 0 spiro atoms. The third-order valence-electron chi connectivity index (χ3n) is 6.55. The fraction of sp³-hybridized carbons (Fsp3) is 0.241. The lowest BCUT2D eigenvalue weighted by Crippen LogP contribution is -2.19. The van der Waals surface area contributed by atoms with E-state index < -0.39 is 15.1 Å². The van der Waals surface area contributed by atoms with Crippen LogP contribution >= 0.6 is 0 Å². The van der Waals surface area contributed by atoms with E-state index in [1.807, 2.05) is 60.7 Å². The normalized spacial score (nSPS) is 21.2. The molecule has 35 heavy (non-hydrogen) atoms. The Morgan fingerprint density at radius 3 is 2.49 bits per heavy atom. The summed E-state index contributed by atoms with van der Waals surface area (Å²) in [5.41, 5.74) is 4.80. The lowest BCUT2D eigenvalue weighted by molar-refractivity contribution is 0.118. The van der Waals surface area contributed by atoms with Gasteiger partial charge in [-0.25, -0.2) is 8.42 Å². The first-order valence-electron chi connectivity index (χ1n) is 11.8. The quantitative estimate of drug-likeness (QED) is 0.345. The van der Waals surface area contributed by atoms with Gasteiger partial charge in [0.2, 0.25) is 0 Å². The van der Waals surface area contributed by atoms with E-state index in [0.717, 1.165) is 33.6 Å². The monoisotopic (exact) mass is 488 g/mol. The van der Waals surface area contributed by atoms with Crippen LogP contribution in [0.2, 0.25) is 0 Å². The first-order chi connectivity index (χ1) is 17.0. The van der Waals surface area contributed by atoms with Crippen LogP contribution in [0.25, 0.3) is 11.6 Å². The van der Waals surface area contributed by atoms with Crippen molar-refractivity contribution < 1.29 is 23.0 Å². The van der Waals surface area contributed by atoms with Gasteiger partial charge in [0.15, 0.2) is 9.84 Å². The molecule has 6 heteroatoms. The molecule has 2 aliphatic heterocycles. The Morgan fingerprint density at radius 2 is 1.74 bits per heavy atom. The third kappa shape index (κ3) is 5.34. The van der Waals surface area contributed by atoms with Gasteiger partial charge in [-0.05, 0) is 65.0 Å². The van der Waals surface area contributed by atoms with Gasteiger partial charge in [0.25, 0.3) is 0 Å². The van der Waals surface area contributed by atoms with Crippen LogP contribution in [0.1, 0.15) is 24.0 Å². The van der Waals surface area contributed by atoms with Crippen LogP contribution in [0.5, 0.6) is 11.5 Å². The van der Waals surface area contributed by atoms with Gasteiger partial charge in [-0.15, -0.1) is 0 Å². The summed E-state index contributed by atoms with van der Waals surface area (Å²) < 4.78 is 37.6. The number of hydrogen-bond donors (Lipinski definition) is 1. The molecule has 0 amide bonds. The molecule has 0 aromatic heterocycles. The van der Waals surface area contributed by atoms with Gasteiger partial charge in [-0.1, -0.05) is 66.7 Å². The van der Waals surface area contributed by atoms with Crippen LogP contribution in [0.4, 0.5) is 0 Å². The first kappa shape index (κ1) is 23.4. The summed E-state index contributed by atoms with van der Waals surface area (Å²) in [7, 11) is -3.28. The Kier molecular flexibility index (Phi) is 6.75. The second-order valence-corrected chi connectivity index (χ2v) is 11.1. The van der Waals surface area contributed by atoms with Crippen molar-refractivity contribution >= 4 is 21.5 Å². The summed E-state index contributed by atoms with van der Waals surface area (Å²) in [4.78, 5) is 0. The lowest BCUT2D eigenvalue weighted by atomic mass is 9.93. The maximum absolute atomic E-state index is 12.8. The molecule has 1 N–H and O–H groups in total. The molecule has 3 aromatic rings. The molecule has 2 aliphatic rings. The number of fused-ring (bicyclic) bond motifs is 1. The highest BCUT2D eigenvalue weighted by Gasteiger charge is 2.47. The molecular formula is C29H28O5S. The standard InChI is InChI=1S/C29H28O5S/c30-25-11-7-8-21(17-25)16-23(22-9-3-1-4-10-22)14-15-27-29-24(18-33-26-12-5-2-6-13-26)20-35(31,32)28(29)19-34-27/h1-13,16-17,27-28,30H,14-15,18-20H2/b23-16-/t27-,28+/m1/s1. The zero-order valence-corrected chi connectivity index (χ0v) is 20.2. The average Bonchev–Trinajstić information content (AvgIpc) is 3.41. The average molecular weight is 489 g/mol. The van der Waals surface area contributed by atoms with E-state index in [1.54, 1.807) is 12.1 Å². The van der Waals surface area contributed by atoms with E-state index in [9.17, 15) is 13.5 Å². The van der Waals surface area contributed by atoms with E-state index >= 15 is 0 Å². The molecule has 2 heterocycles. The van der Waals surface area contributed by atoms with Gasteiger partial charge in [-0.3, -0.25) is 0 Å². The van der Waals surface area contributed by atoms with Crippen LogP contribution in [-0.4, -0.2) is 43.8 Å². The molecule has 0 bridgehead atoms. The van der Waals surface area contributed by atoms with Crippen molar-refractivity contribution in [2.75, 3.05) is 19.0 Å². The van der Waals surface area contributed by atoms with Crippen molar-refractivity contribution in [2.45, 2.75) is 24.2 Å². The van der Waals surface area contributed by atoms with Gasteiger partial charge < -0.3 is 14.6 Å². The molecule has 5 rings (SSSR count). The van der Waals surface area contributed by atoms with Gasteiger partial charge in [0, 0.05) is 0 Å². The zero-order chi connectivity index (χ0) is 24.3. The topological polar surface area (TPSA) is 72.8 Å². The van der Waals surface area contributed by atoms with E-state index in [0.29, 0.717) is 12.8 Å². The van der Waals surface area contributed by atoms with Gasteiger partial charge in [0.1, 0.15) is 23.4 Å². The van der Waals surface area contributed by atoms with Gasteiger partial charge in [-0.2, -0.15) is 0 Å². The minimum Gasteiger partial charge on any atom is -0.508 e. The lowest BCUT2D eigenvalue weighted by Gasteiger charge is -2.16. The third-order valence-corrected chi connectivity index (χ3v) is 8.56. The van der Waals surface area contributed by atoms with E-state index in [1.165, 1.54) is 0 Å². The molecular weight excluding hydrogens is 460 g/mol. The molecule has 0 radical (unpaired) electrons. The number of ether oxygens (including phenoxy) is 2. The largest absolute Gasteiger partial charge is 0.508 e. The molecule has 5 nitrogen and oxygen atoms in total. The number of sulfone groups is 1. The molecule has 0 saturated carbocycles. The number of aromatic hydroxyl groups is 1. The molecule has 180 valence electrons. The zero-order valence-electron chi connectivity index (χ0n) is 19.3. The highest BCUT2D eigenvalue weighted by atomic mass is 32.2. The number of phenols is 1. The summed E-state index contributed by atoms with van der Waals surface area (Å²) in [5, 5.41) is 9.32. The second-order valence-electron chi connectivity index (χ2n) is 8.95. The SMILES string of the molecule is O=S1(=O)CC(COc2ccccc2)=C2[C@@H](CC/C(=C/c3cccc(O)c3)c3ccccc3)OC[C@@H]21.